The van der Waals surface area contributed by atoms with Gasteiger partial charge in [0.05, 0.1) is 11.5 Å². The molecule has 5 unspecified atom stereocenters. The number of carbonyl (C=O) groups is 1. The molecule has 1 heterocycles. The first-order valence-corrected chi connectivity index (χ1v) is 9.48. The molecular formula is C18H17IO5. The molecule has 0 aromatic heterocycles. The van der Waals surface area contributed by atoms with Crippen LogP contribution >= 0.6 is 23.0 Å². The minimum absolute atomic E-state index is 0.0252. The first kappa shape index (κ1) is 14.3. The predicted molar refractivity (Wildman–Crippen MR) is 91.2 cm³/mol. The highest BCUT2D eigenvalue weighted by Gasteiger charge is 2.83. The van der Waals surface area contributed by atoms with Crippen molar-refractivity contribution in [3.8, 4) is 11.5 Å². The molecule has 3 saturated carbocycles. The van der Waals surface area contributed by atoms with Crippen LogP contribution in [0.5, 0.6) is 11.5 Å². The Hall–Kier alpha value is -0.860. The van der Waals surface area contributed by atoms with Crippen LogP contribution in [0, 0.1) is 17.8 Å². The third kappa shape index (κ3) is 1.16. The molecule has 126 valence electrons. The molecule has 2 N–H and O–H groups in total. The lowest BCUT2D eigenvalue weighted by Crippen LogP contribution is -2.71. The van der Waals surface area contributed by atoms with Crippen LogP contribution in [0.3, 0.4) is 0 Å². The van der Waals surface area contributed by atoms with Gasteiger partial charge in [-0.2, -0.15) is 0 Å². The van der Waals surface area contributed by atoms with E-state index in [0.717, 1.165) is 30.4 Å². The molecule has 4 bridgehead atoms. The molecule has 5 aliphatic rings. The highest BCUT2D eigenvalue weighted by molar-refractivity contribution is 14.1. The first-order valence-electron chi connectivity index (χ1n) is 8.60. The number of hydrogen-bond donors (Lipinski definition) is 2. The number of carbonyl (C=O) groups excluding carboxylic acids is 1. The summed E-state index contributed by atoms with van der Waals surface area (Å²) in [5.74, 6) is 1.68. The minimum atomic E-state index is -1.26. The number of ketones is 1. The second-order valence-electron chi connectivity index (χ2n) is 8.04. The standard InChI is InChI=1S/C18H17IO5/c19-24-12-4-1-7-5-8-9-2-3-10(8)18(22)13(21)6-11(20)16-17(9,18)14(7)15(12)23-16/h1,4,8-10,13,16,21-22H,2-3,5-6H2/t8?,9?,10-,13?,16?,17+,18?/m1/s1. The zero-order valence-corrected chi connectivity index (χ0v) is 15.0. The maximum absolute atomic E-state index is 12.8. The molecule has 6 rings (SSSR count). The Morgan fingerprint density at radius 3 is 2.83 bits per heavy atom. The van der Waals surface area contributed by atoms with E-state index in [2.05, 4.69) is 0 Å². The summed E-state index contributed by atoms with van der Waals surface area (Å²) in [5.41, 5.74) is 0.0404. The summed E-state index contributed by atoms with van der Waals surface area (Å²) in [4.78, 5) is 12.8. The zero-order valence-electron chi connectivity index (χ0n) is 12.9. The van der Waals surface area contributed by atoms with Crippen molar-refractivity contribution in [2.45, 2.75) is 48.9 Å². The zero-order chi connectivity index (χ0) is 16.4. The molecule has 1 aromatic carbocycles. The lowest BCUT2D eigenvalue weighted by atomic mass is 9.50. The van der Waals surface area contributed by atoms with Gasteiger partial charge >= 0.3 is 0 Å². The van der Waals surface area contributed by atoms with Crippen molar-refractivity contribution in [1.29, 1.82) is 0 Å². The molecule has 5 nitrogen and oxygen atoms in total. The van der Waals surface area contributed by atoms with Gasteiger partial charge in [0.15, 0.2) is 46.4 Å². The monoisotopic (exact) mass is 440 g/mol. The van der Waals surface area contributed by atoms with E-state index in [1.165, 1.54) is 0 Å². The number of Topliss-reactive ketones (excluding diaryl/α,β-unsaturated/α-hetero) is 1. The second kappa shape index (κ2) is 4.10. The van der Waals surface area contributed by atoms with E-state index in [0.29, 0.717) is 17.4 Å². The van der Waals surface area contributed by atoms with Gasteiger partial charge in [-0.15, -0.1) is 0 Å². The SMILES string of the molecule is O=C1CC(O)C2(O)[C@@H]3CCC4C3Cc3ccc(OI)c5c3[C@]42C1O5. The lowest BCUT2D eigenvalue weighted by Gasteiger charge is -2.55. The van der Waals surface area contributed by atoms with Crippen LogP contribution in [0.4, 0.5) is 0 Å². The average molecular weight is 440 g/mol. The minimum Gasteiger partial charge on any atom is -0.477 e. The summed E-state index contributed by atoms with van der Waals surface area (Å²) < 4.78 is 11.6. The van der Waals surface area contributed by atoms with Gasteiger partial charge < -0.3 is 18.0 Å². The number of benzene rings is 1. The van der Waals surface area contributed by atoms with Gasteiger partial charge in [-0.3, -0.25) is 4.79 Å². The van der Waals surface area contributed by atoms with Gasteiger partial charge in [0.25, 0.3) is 0 Å². The lowest BCUT2D eigenvalue weighted by molar-refractivity contribution is -0.198. The van der Waals surface area contributed by atoms with Crippen molar-refractivity contribution in [2.24, 2.45) is 17.8 Å². The summed E-state index contributed by atoms with van der Waals surface area (Å²) >= 11 is 1.82. The number of aliphatic hydroxyl groups excluding tert-OH is 1. The molecule has 7 atom stereocenters. The molecule has 0 amide bonds. The Labute approximate surface area is 153 Å². The maximum atomic E-state index is 12.8. The maximum Gasteiger partial charge on any atom is 0.192 e. The molecule has 1 spiro atoms. The number of halogens is 1. The van der Waals surface area contributed by atoms with Crippen molar-refractivity contribution < 1.29 is 22.8 Å². The van der Waals surface area contributed by atoms with E-state index in [9.17, 15) is 15.0 Å². The van der Waals surface area contributed by atoms with Gasteiger partial charge in [-0.25, -0.2) is 0 Å². The van der Waals surface area contributed by atoms with E-state index < -0.39 is 23.2 Å². The smallest absolute Gasteiger partial charge is 0.192 e. The third-order valence-corrected chi connectivity index (χ3v) is 8.11. The Bertz CT molecular complexity index is 809. The molecule has 0 saturated heterocycles. The van der Waals surface area contributed by atoms with Gasteiger partial charge in [0, 0.05) is 12.0 Å². The second-order valence-corrected chi connectivity index (χ2v) is 8.48. The van der Waals surface area contributed by atoms with E-state index in [-0.39, 0.29) is 24.0 Å². The normalized spacial score (nSPS) is 49.1. The summed E-state index contributed by atoms with van der Waals surface area (Å²) in [5, 5.41) is 22.6. The Kier molecular flexibility index (Phi) is 2.45. The number of rotatable bonds is 1. The topological polar surface area (TPSA) is 76.0 Å². The van der Waals surface area contributed by atoms with Gasteiger partial charge in [0.2, 0.25) is 0 Å². The van der Waals surface area contributed by atoms with Crippen LogP contribution in [0.2, 0.25) is 0 Å². The van der Waals surface area contributed by atoms with Gasteiger partial charge in [0.1, 0.15) is 5.60 Å². The molecule has 1 aliphatic heterocycles. The van der Waals surface area contributed by atoms with Crippen molar-refractivity contribution in [2.75, 3.05) is 0 Å². The molecule has 6 heteroatoms. The summed E-state index contributed by atoms with van der Waals surface area (Å²) in [6.45, 7) is 0. The summed E-state index contributed by atoms with van der Waals surface area (Å²) in [6, 6.07) is 3.93. The average Bonchev–Trinajstić information content (AvgIpc) is 3.18. The molecule has 3 fully saturated rings. The van der Waals surface area contributed by atoms with E-state index >= 15 is 0 Å². The molecular weight excluding hydrogens is 423 g/mol. The van der Waals surface area contributed by atoms with Crippen molar-refractivity contribution in [3.05, 3.63) is 23.3 Å². The molecule has 24 heavy (non-hydrogen) atoms. The van der Waals surface area contributed by atoms with Gasteiger partial charge in [-0.1, -0.05) is 6.07 Å². The number of aliphatic hydroxyl groups is 2. The van der Waals surface area contributed by atoms with Crippen molar-refractivity contribution in [1.82, 2.24) is 0 Å². The fraction of sp³-hybridized carbons (Fsp3) is 0.611. The van der Waals surface area contributed by atoms with Crippen LogP contribution in [-0.4, -0.2) is 33.8 Å². The fourth-order valence-electron chi connectivity index (χ4n) is 7.16. The van der Waals surface area contributed by atoms with Crippen molar-refractivity contribution in [3.63, 3.8) is 0 Å². The summed E-state index contributed by atoms with van der Waals surface area (Å²) in [7, 11) is 0. The van der Waals surface area contributed by atoms with E-state index in [1.54, 1.807) is 0 Å². The van der Waals surface area contributed by atoms with Crippen LogP contribution < -0.4 is 7.80 Å². The Balaban J connectivity index is 1.75. The molecule has 4 aliphatic carbocycles. The quantitative estimate of drug-likeness (QED) is 0.651. The summed E-state index contributed by atoms with van der Waals surface area (Å²) in [6.07, 6.45) is 1.08. The first-order chi connectivity index (χ1) is 11.5. The van der Waals surface area contributed by atoms with Crippen molar-refractivity contribution >= 4 is 28.8 Å². The number of hydrogen-bond acceptors (Lipinski definition) is 5. The van der Waals surface area contributed by atoms with Crippen LogP contribution in [-0.2, 0) is 16.6 Å². The van der Waals surface area contributed by atoms with Crippen LogP contribution in [0.1, 0.15) is 30.4 Å². The van der Waals surface area contributed by atoms with Crippen LogP contribution in [0.25, 0.3) is 0 Å². The number of ether oxygens (including phenoxy) is 1. The Morgan fingerprint density at radius 2 is 2.04 bits per heavy atom. The third-order valence-electron chi connectivity index (χ3n) is 7.64. The number of fused-ring (bicyclic) bond motifs is 1. The molecule has 1 aromatic rings. The highest BCUT2D eigenvalue weighted by atomic mass is 127. The fourth-order valence-corrected chi connectivity index (χ4v) is 7.50. The largest absolute Gasteiger partial charge is 0.477 e. The van der Waals surface area contributed by atoms with Gasteiger partial charge in [-0.05, 0) is 48.6 Å². The highest BCUT2D eigenvalue weighted by Crippen LogP contribution is 2.76. The van der Waals surface area contributed by atoms with E-state index in [4.69, 9.17) is 7.80 Å². The molecule has 0 radical (unpaired) electrons. The van der Waals surface area contributed by atoms with Crippen LogP contribution in [0.15, 0.2) is 12.1 Å². The predicted octanol–water partition coefficient (Wildman–Crippen LogP) is 1.69. The van der Waals surface area contributed by atoms with E-state index in [1.807, 2.05) is 35.1 Å². The Morgan fingerprint density at radius 1 is 1.25 bits per heavy atom.